The number of pyridine rings is 1. The third kappa shape index (κ3) is 3.62. The van der Waals surface area contributed by atoms with E-state index in [1.807, 2.05) is 24.3 Å². The Morgan fingerprint density at radius 2 is 2.10 bits per heavy atom. The summed E-state index contributed by atoms with van der Waals surface area (Å²) in [5.74, 6) is 0. The molecule has 5 nitrogen and oxygen atoms in total. The molecule has 2 rings (SSSR count). The van der Waals surface area contributed by atoms with Crippen LogP contribution in [-0.4, -0.2) is 35.5 Å². The molecule has 1 heterocycles. The number of hydrogen-bond donors (Lipinski definition) is 2. The monoisotopic (exact) mass is 290 g/mol. The van der Waals surface area contributed by atoms with Gasteiger partial charge in [-0.2, -0.15) is 0 Å². The fourth-order valence-electron chi connectivity index (χ4n) is 2.25. The average molecular weight is 290 g/mol. The Labute approximate surface area is 124 Å². The van der Waals surface area contributed by atoms with Gasteiger partial charge in [0.05, 0.1) is 11.1 Å². The van der Waals surface area contributed by atoms with Crippen molar-refractivity contribution in [1.29, 1.82) is 0 Å². The van der Waals surface area contributed by atoms with Gasteiger partial charge in [-0.3, -0.25) is 4.79 Å². The van der Waals surface area contributed by atoms with E-state index in [9.17, 15) is 9.90 Å². The van der Waals surface area contributed by atoms with Crippen LogP contribution in [0.1, 0.15) is 13.3 Å². The molecule has 21 heavy (non-hydrogen) atoms. The van der Waals surface area contributed by atoms with Gasteiger partial charge >= 0.3 is 0 Å². The number of aliphatic hydroxyl groups is 1. The third-order valence-corrected chi connectivity index (χ3v) is 3.66. The molecular formula is C16H22N2O3. The van der Waals surface area contributed by atoms with Gasteiger partial charge in [-0.1, -0.05) is 18.2 Å². The van der Waals surface area contributed by atoms with Gasteiger partial charge in [-0.15, -0.1) is 0 Å². The van der Waals surface area contributed by atoms with Crippen molar-refractivity contribution in [3.63, 3.8) is 0 Å². The summed E-state index contributed by atoms with van der Waals surface area (Å²) >= 11 is 0. The Balaban J connectivity index is 2.27. The minimum atomic E-state index is -0.891. The number of aromatic nitrogens is 1. The molecule has 0 radical (unpaired) electrons. The van der Waals surface area contributed by atoms with Crippen molar-refractivity contribution < 1.29 is 9.84 Å². The van der Waals surface area contributed by atoms with Crippen LogP contribution >= 0.6 is 0 Å². The second kappa shape index (κ2) is 6.28. The molecule has 1 unspecified atom stereocenters. The minimum Gasteiger partial charge on any atom is -0.388 e. The Bertz CT molecular complexity index is 677. The highest BCUT2D eigenvalue weighted by Crippen LogP contribution is 2.22. The highest BCUT2D eigenvalue weighted by Gasteiger charge is 2.20. The maximum absolute atomic E-state index is 12.0. The number of nitrogens with zero attached hydrogens (tertiary/aromatic N) is 1. The topological polar surface area (TPSA) is 63.5 Å². The summed E-state index contributed by atoms with van der Waals surface area (Å²) in [7, 11) is 3.36. The van der Waals surface area contributed by atoms with E-state index in [0.29, 0.717) is 19.6 Å². The Kier molecular flexibility index (Phi) is 4.65. The second-order valence-electron chi connectivity index (χ2n) is 5.57. The Morgan fingerprint density at radius 3 is 2.81 bits per heavy atom. The van der Waals surface area contributed by atoms with Crippen LogP contribution in [-0.2, 0) is 11.8 Å². The van der Waals surface area contributed by atoms with Crippen molar-refractivity contribution in [2.75, 3.05) is 25.6 Å². The zero-order valence-corrected chi connectivity index (χ0v) is 12.7. The fourth-order valence-corrected chi connectivity index (χ4v) is 2.25. The van der Waals surface area contributed by atoms with Gasteiger partial charge < -0.3 is 19.7 Å². The number of fused-ring (bicyclic) bond motifs is 1. The van der Waals surface area contributed by atoms with Crippen LogP contribution in [0.2, 0.25) is 0 Å². The normalized spacial score (nSPS) is 14.1. The van der Waals surface area contributed by atoms with Crippen molar-refractivity contribution >= 4 is 16.6 Å². The largest absolute Gasteiger partial charge is 0.388 e. The molecule has 0 amide bonds. The minimum absolute atomic E-state index is 0.0762. The summed E-state index contributed by atoms with van der Waals surface area (Å²) in [6.45, 7) is 2.60. The molecule has 0 saturated carbocycles. The predicted molar refractivity (Wildman–Crippen MR) is 84.8 cm³/mol. The van der Waals surface area contributed by atoms with Crippen LogP contribution in [0, 0.1) is 0 Å². The molecular weight excluding hydrogens is 268 g/mol. The van der Waals surface area contributed by atoms with E-state index in [2.05, 4.69) is 5.32 Å². The molecule has 0 bridgehead atoms. The maximum Gasteiger partial charge on any atom is 0.252 e. The van der Waals surface area contributed by atoms with Gasteiger partial charge in [0.2, 0.25) is 0 Å². The van der Waals surface area contributed by atoms with Crippen molar-refractivity contribution in [2.45, 2.75) is 18.9 Å². The van der Waals surface area contributed by atoms with Gasteiger partial charge in [0.15, 0.2) is 0 Å². The first kappa shape index (κ1) is 15.5. The van der Waals surface area contributed by atoms with E-state index in [1.165, 1.54) is 0 Å². The first-order valence-electron chi connectivity index (χ1n) is 6.98. The highest BCUT2D eigenvalue weighted by molar-refractivity contribution is 5.91. The highest BCUT2D eigenvalue weighted by atomic mass is 16.5. The van der Waals surface area contributed by atoms with Crippen molar-refractivity contribution in [3.05, 3.63) is 40.7 Å². The molecule has 0 saturated heterocycles. The quantitative estimate of drug-likeness (QED) is 0.850. The van der Waals surface area contributed by atoms with E-state index >= 15 is 0 Å². The lowest BCUT2D eigenvalue weighted by molar-refractivity contribution is 0.0358. The van der Waals surface area contributed by atoms with Crippen LogP contribution in [0.4, 0.5) is 5.69 Å². The zero-order valence-electron chi connectivity index (χ0n) is 12.7. The lowest BCUT2D eigenvalue weighted by Crippen LogP contribution is -2.35. The number of nitrogens with one attached hydrogen (secondary N) is 1. The number of ether oxygens (including phenoxy) is 1. The average Bonchev–Trinajstić information content (AvgIpc) is 2.47. The van der Waals surface area contributed by atoms with Crippen LogP contribution in [0.15, 0.2) is 35.1 Å². The molecule has 5 heteroatoms. The molecule has 2 N–H and O–H groups in total. The summed E-state index contributed by atoms with van der Waals surface area (Å²) in [6.07, 6.45) is 0.527. The summed E-state index contributed by atoms with van der Waals surface area (Å²) < 4.78 is 6.61. The van der Waals surface area contributed by atoms with Gasteiger partial charge in [0.1, 0.15) is 0 Å². The lowest BCUT2D eigenvalue weighted by atomic mass is 10.0. The number of aryl methyl sites for hydroxylation is 1. The zero-order chi connectivity index (χ0) is 15.5. The van der Waals surface area contributed by atoms with E-state index in [0.717, 1.165) is 16.6 Å². The number of rotatable bonds is 6. The summed E-state index contributed by atoms with van der Waals surface area (Å²) in [4.78, 5) is 12.0. The lowest BCUT2D eigenvalue weighted by Gasteiger charge is -2.24. The smallest absolute Gasteiger partial charge is 0.252 e. The van der Waals surface area contributed by atoms with E-state index in [-0.39, 0.29) is 5.56 Å². The van der Waals surface area contributed by atoms with E-state index < -0.39 is 5.60 Å². The van der Waals surface area contributed by atoms with Gasteiger partial charge in [-0.05, 0) is 13.0 Å². The van der Waals surface area contributed by atoms with Crippen LogP contribution in [0.25, 0.3) is 10.9 Å². The SMILES string of the molecule is COCCC(C)(O)CNc1cc(=O)n(C)c2ccccc12. The molecule has 1 atom stereocenters. The molecule has 114 valence electrons. The fraction of sp³-hybridized carbons (Fsp3) is 0.438. The molecule has 0 aliphatic rings. The number of para-hydroxylation sites is 1. The van der Waals surface area contributed by atoms with Gasteiger partial charge in [0.25, 0.3) is 5.56 Å². The van der Waals surface area contributed by atoms with Gasteiger partial charge in [-0.25, -0.2) is 0 Å². The maximum atomic E-state index is 12.0. The molecule has 0 aliphatic heterocycles. The number of methoxy groups -OCH3 is 1. The van der Waals surface area contributed by atoms with Crippen molar-refractivity contribution in [1.82, 2.24) is 4.57 Å². The van der Waals surface area contributed by atoms with Crippen LogP contribution < -0.4 is 10.9 Å². The molecule has 0 spiro atoms. The first-order valence-corrected chi connectivity index (χ1v) is 6.98. The van der Waals surface area contributed by atoms with Crippen molar-refractivity contribution in [3.8, 4) is 0 Å². The molecule has 0 fully saturated rings. The number of benzene rings is 1. The number of hydrogen-bond acceptors (Lipinski definition) is 4. The summed E-state index contributed by atoms with van der Waals surface area (Å²) in [5.41, 5.74) is 0.640. The van der Waals surface area contributed by atoms with Crippen LogP contribution in [0.3, 0.4) is 0 Å². The summed E-state index contributed by atoms with van der Waals surface area (Å²) in [5, 5.41) is 14.4. The third-order valence-electron chi connectivity index (χ3n) is 3.66. The molecule has 1 aromatic carbocycles. The molecule has 1 aromatic heterocycles. The van der Waals surface area contributed by atoms with E-state index in [1.54, 1.807) is 31.7 Å². The predicted octanol–water partition coefficient (Wildman–Crippen LogP) is 1.74. The summed E-state index contributed by atoms with van der Waals surface area (Å²) in [6, 6.07) is 9.27. The molecule has 0 aliphatic carbocycles. The Hall–Kier alpha value is -1.85. The first-order chi connectivity index (χ1) is 9.94. The Morgan fingerprint density at radius 1 is 1.38 bits per heavy atom. The molecule has 2 aromatic rings. The number of anilines is 1. The second-order valence-corrected chi connectivity index (χ2v) is 5.57. The standard InChI is InChI=1S/C16H22N2O3/c1-16(20,8-9-21-3)11-17-13-10-15(19)18(2)14-7-5-4-6-12(13)14/h4-7,10,17,20H,8-9,11H2,1-3H3. The van der Waals surface area contributed by atoms with E-state index in [4.69, 9.17) is 4.74 Å². The van der Waals surface area contributed by atoms with Crippen molar-refractivity contribution in [2.24, 2.45) is 7.05 Å². The van der Waals surface area contributed by atoms with Crippen LogP contribution in [0.5, 0.6) is 0 Å². The van der Waals surface area contributed by atoms with Gasteiger partial charge in [0, 0.05) is 50.9 Å².